The standard InChI is InChI=1S/C17H26N2O3/c1-3-15(12-21-2)19-17(20)18-11-14-9-10-22-16(14)13-7-5-4-6-8-13/h4-8,14-16H,3,9-12H2,1-2H3,(H2,18,19,20)/t14-,15-,16-/m1/s1. The van der Waals surface area contributed by atoms with E-state index < -0.39 is 0 Å². The summed E-state index contributed by atoms with van der Waals surface area (Å²) in [6, 6.07) is 10.1. The van der Waals surface area contributed by atoms with Crippen LogP contribution in [0.2, 0.25) is 0 Å². The fourth-order valence-electron chi connectivity index (χ4n) is 2.78. The second-order valence-electron chi connectivity index (χ2n) is 5.67. The van der Waals surface area contributed by atoms with Crippen molar-refractivity contribution >= 4 is 6.03 Å². The van der Waals surface area contributed by atoms with E-state index in [1.54, 1.807) is 7.11 Å². The summed E-state index contributed by atoms with van der Waals surface area (Å²) >= 11 is 0. The minimum Gasteiger partial charge on any atom is -0.383 e. The van der Waals surface area contributed by atoms with Gasteiger partial charge in [-0.25, -0.2) is 4.79 Å². The molecule has 1 aliphatic heterocycles. The Morgan fingerprint density at radius 3 is 2.86 bits per heavy atom. The molecule has 2 rings (SSSR count). The van der Waals surface area contributed by atoms with Gasteiger partial charge < -0.3 is 20.1 Å². The first-order valence-corrected chi connectivity index (χ1v) is 7.94. The first-order valence-electron chi connectivity index (χ1n) is 7.94. The molecule has 5 heteroatoms. The minimum atomic E-state index is -0.136. The molecule has 0 spiro atoms. The maximum atomic E-state index is 12.0. The SMILES string of the molecule is CC[C@H](COC)NC(=O)NC[C@H]1CCO[C@@H]1c1ccccc1. The molecule has 0 bridgehead atoms. The van der Waals surface area contributed by atoms with E-state index in [2.05, 4.69) is 22.8 Å². The monoisotopic (exact) mass is 306 g/mol. The molecular weight excluding hydrogens is 280 g/mol. The summed E-state index contributed by atoms with van der Waals surface area (Å²) in [4.78, 5) is 12.0. The van der Waals surface area contributed by atoms with Crippen LogP contribution in [-0.4, -0.2) is 38.9 Å². The highest BCUT2D eigenvalue weighted by Crippen LogP contribution is 2.33. The van der Waals surface area contributed by atoms with Gasteiger partial charge in [-0.2, -0.15) is 0 Å². The number of rotatable bonds is 7. The van der Waals surface area contributed by atoms with Gasteiger partial charge >= 0.3 is 6.03 Å². The third-order valence-corrected chi connectivity index (χ3v) is 4.06. The summed E-state index contributed by atoms with van der Waals surface area (Å²) in [6.07, 6.45) is 1.89. The molecule has 1 aliphatic rings. The summed E-state index contributed by atoms with van der Waals surface area (Å²) < 4.78 is 10.9. The molecule has 122 valence electrons. The van der Waals surface area contributed by atoms with Crippen molar-refractivity contribution in [3.63, 3.8) is 0 Å². The van der Waals surface area contributed by atoms with Crippen molar-refractivity contribution in [2.45, 2.75) is 31.9 Å². The molecule has 0 aromatic heterocycles. The number of methoxy groups -OCH3 is 1. The lowest BCUT2D eigenvalue weighted by atomic mass is 9.95. The summed E-state index contributed by atoms with van der Waals surface area (Å²) in [5.41, 5.74) is 1.18. The zero-order chi connectivity index (χ0) is 15.8. The largest absolute Gasteiger partial charge is 0.383 e. The van der Waals surface area contributed by atoms with Gasteiger partial charge in [-0.15, -0.1) is 0 Å². The lowest BCUT2D eigenvalue weighted by Crippen LogP contribution is -2.45. The van der Waals surface area contributed by atoms with Crippen molar-refractivity contribution in [2.24, 2.45) is 5.92 Å². The Morgan fingerprint density at radius 1 is 1.41 bits per heavy atom. The summed E-state index contributed by atoms with van der Waals surface area (Å²) in [5.74, 6) is 0.315. The van der Waals surface area contributed by atoms with Gasteiger partial charge in [-0.1, -0.05) is 37.3 Å². The van der Waals surface area contributed by atoms with Crippen LogP contribution in [0.1, 0.15) is 31.4 Å². The number of carbonyl (C=O) groups excluding carboxylic acids is 1. The normalized spacial score (nSPS) is 22.3. The van der Waals surface area contributed by atoms with Crippen molar-refractivity contribution in [1.29, 1.82) is 0 Å². The zero-order valence-corrected chi connectivity index (χ0v) is 13.4. The second kappa shape index (κ2) is 8.76. The maximum absolute atomic E-state index is 12.0. The molecule has 0 aliphatic carbocycles. The quantitative estimate of drug-likeness (QED) is 0.813. The fourth-order valence-corrected chi connectivity index (χ4v) is 2.78. The highest BCUT2D eigenvalue weighted by molar-refractivity contribution is 5.74. The van der Waals surface area contributed by atoms with Crippen molar-refractivity contribution in [3.8, 4) is 0 Å². The van der Waals surface area contributed by atoms with Crippen LogP contribution in [0.3, 0.4) is 0 Å². The first-order chi connectivity index (χ1) is 10.7. The van der Waals surface area contributed by atoms with E-state index in [4.69, 9.17) is 9.47 Å². The Hall–Kier alpha value is -1.59. The lowest BCUT2D eigenvalue weighted by Gasteiger charge is -2.21. The van der Waals surface area contributed by atoms with Gasteiger partial charge in [0.05, 0.1) is 18.8 Å². The van der Waals surface area contributed by atoms with Gasteiger partial charge in [0.25, 0.3) is 0 Å². The predicted molar refractivity (Wildman–Crippen MR) is 85.7 cm³/mol. The maximum Gasteiger partial charge on any atom is 0.315 e. The lowest BCUT2D eigenvalue weighted by molar-refractivity contribution is 0.0908. The molecule has 1 heterocycles. The molecule has 0 radical (unpaired) electrons. The molecule has 2 N–H and O–H groups in total. The molecule has 22 heavy (non-hydrogen) atoms. The van der Waals surface area contributed by atoms with Crippen LogP contribution in [0.25, 0.3) is 0 Å². The van der Waals surface area contributed by atoms with E-state index in [-0.39, 0.29) is 18.2 Å². The third kappa shape index (κ3) is 4.71. The molecule has 1 fully saturated rings. The molecule has 1 saturated heterocycles. The number of carbonyl (C=O) groups is 1. The Bertz CT molecular complexity index is 452. The smallest absolute Gasteiger partial charge is 0.315 e. The Balaban J connectivity index is 1.81. The van der Waals surface area contributed by atoms with Gasteiger partial charge in [-0.3, -0.25) is 0 Å². The number of hydrogen-bond donors (Lipinski definition) is 2. The Kier molecular flexibility index (Phi) is 6.68. The topological polar surface area (TPSA) is 59.6 Å². The van der Waals surface area contributed by atoms with Crippen LogP contribution in [-0.2, 0) is 9.47 Å². The van der Waals surface area contributed by atoms with E-state index in [1.165, 1.54) is 5.56 Å². The van der Waals surface area contributed by atoms with Crippen LogP contribution in [0, 0.1) is 5.92 Å². The van der Waals surface area contributed by atoms with E-state index in [0.717, 1.165) is 19.4 Å². The van der Waals surface area contributed by atoms with Gasteiger partial charge in [0, 0.05) is 26.2 Å². The van der Waals surface area contributed by atoms with Crippen LogP contribution < -0.4 is 10.6 Å². The van der Waals surface area contributed by atoms with Gasteiger partial charge in [-0.05, 0) is 18.4 Å². The van der Waals surface area contributed by atoms with E-state index >= 15 is 0 Å². The first kappa shape index (κ1) is 16.8. The second-order valence-corrected chi connectivity index (χ2v) is 5.67. The van der Waals surface area contributed by atoms with Crippen molar-refractivity contribution in [1.82, 2.24) is 10.6 Å². The minimum absolute atomic E-state index is 0.0507. The summed E-state index contributed by atoms with van der Waals surface area (Å²) in [7, 11) is 1.64. The summed E-state index contributed by atoms with van der Waals surface area (Å²) in [5, 5.41) is 5.89. The molecular formula is C17H26N2O3. The average Bonchev–Trinajstić information content (AvgIpc) is 3.02. The van der Waals surface area contributed by atoms with E-state index in [0.29, 0.717) is 19.1 Å². The number of ether oxygens (including phenoxy) is 2. The fraction of sp³-hybridized carbons (Fsp3) is 0.588. The number of urea groups is 1. The molecule has 1 aromatic carbocycles. The van der Waals surface area contributed by atoms with Crippen molar-refractivity contribution in [2.75, 3.05) is 26.9 Å². The highest BCUT2D eigenvalue weighted by atomic mass is 16.5. The van der Waals surface area contributed by atoms with Crippen molar-refractivity contribution in [3.05, 3.63) is 35.9 Å². The van der Waals surface area contributed by atoms with Crippen LogP contribution in [0.5, 0.6) is 0 Å². The zero-order valence-electron chi connectivity index (χ0n) is 13.4. The van der Waals surface area contributed by atoms with Gasteiger partial charge in [0.1, 0.15) is 0 Å². The van der Waals surface area contributed by atoms with Gasteiger partial charge in [0.2, 0.25) is 0 Å². The number of amides is 2. The molecule has 0 saturated carbocycles. The highest BCUT2D eigenvalue weighted by Gasteiger charge is 2.29. The van der Waals surface area contributed by atoms with E-state index in [1.807, 2.05) is 25.1 Å². The Morgan fingerprint density at radius 2 is 2.18 bits per heavy atom. The molecule has 3 atom stereocenters. The molecule has 5 nitrogen and oxygen atoms in total. The summed E-state index contributed by atoms with van der Waals surface area (Å²) in [6.45, 7) is 3.92. The van der Waals surface area contributed by atoms with Gasteiger partial charge in [0.15, 0.2) is 0 Å². The number of hydrogen-bond acceptors (Lipinski definition) is 3. The van der Waals surface area contributed by atoms with Crippen LogP contribution in [0.15, 0.2) is 30.3 Å². The van der Waals surface area contributed by atoms with Crippen molar-refractivity contribution < 1.29 is 14.3 Å². The van der Waals surface area contributed by atoms with E-state index in [9.17, 15) is 4.79 Å². The predicted octanol–water partition coefficient (Wildman–Crippen LogP) is 2.49. The molecule has 0 unspecified atom stereocenters. The number of benzene rings is 1. The molecule has 1 aromatic rings. The molecule has 2 amide bonds. The average molecular weight is 306 g/mol. The number of nitrogens with one attached hydrogen (secondary N) is 2. The van der Waals surface area contributed by atoms with Crippen LogP contribution >= 0.6 is 0 Å². The van der Waals surface area contributed by atoms with Crippen LogP contribution in [0.4, 0.5) is 4.79 Å². The Labute approximate surface area is 132 Å². The third-order valence-electron chi connectivity index (χ3n) is 4.06.